The molecule has 1 atom stereocenters. The van der Waals surface area contributed by atoms with Gasteiger partial charge in [-0.05, 0) is 52.7 Å². The number of amides is 1. The number of anilines is 1. The number of aromatic nitrogens is 2. The third-order valence-corrected chi connectivity index (χ3v) is 5.40. The van der Waals surface area contributed by atoms with E-state index in [1.165, 1.54) is 0 Å². The minimum absolute atomic E-state index is 0.0468. The molecule has 3 aromatic rings. The van der Waals surface area contributed by atoms with Gasteiger partial charge in [-0.15, -0.1) is 0 Å². The summed E-state index contributed by atoms with van der Waals surface area (Å²) in [5.74, 6) is 1.42. The van der Waals surface area contributed by atoms with E-state index in [0.717, 1.165) is 15.7 Å². The molecule has 0 spiro atoms. The summed E-state index contributed by atoms with van der Waals surface area (Å²) in [6, 6.07) is 13.0. The SMILES string of the molecule is COc1ccc(-c2noc([C@@H]3CCN(c4ccccc4Br)C3=O)n2)cc1OC. The molecule has 8 heteroatoms. The Morgan fingerprint density at radius 2 is 1.93 bits per heavy atom. The predicted molar refractivity (Wildman–Crippen MR) is 107 cm³/mol. The first kappa shape index (κ1) is 18.5. The summed E-state index contributed by atoms with van der Waals surface area (Å²) in [6.07, 6.45) is 0.619. The molecule has 0 bridgehead atoms. The van der Waals surface area contributed by atoms with E-state index in [9.17, 15) is 4.79 Å². The second kappa shape index (κ2) is 7.63. The Kier molecular flexibility index (Phi) is 5.04. The third-order valence-electron chi connectivity index (χ3n) is 4.73. The standard InChI is InChI=1S/C20H18BrN3O4/c1-26-16-8-7-12(11-17(16)27-2)18-22-19(28-23-18)13-9-10-24(20(13)25)15-6-4-3-5-14(15)21/h3-8,11,13H,9-10H2,1-2H3/t13-/m0/s1. The zero-order valence-corrected chi connectivity index (χ0v) is 17.0. The zero-order chi connectivity index (χ0) is 19.7. The average Bonchev–Trinajstić information content (AvgIpc) is 3.34. The van der Waals surface area contributed by atoms with Gasteiger partial charge in [0.25, 0.3) is 0 Å². The molecule has 2 heterocycles. The number of benzene rings is 2. The van der Waals surface area contributed by atoms with Gasteiger partial charge in [0.2, 0.25) is 17.6 Å². The number of methoxy groups -OCH3 is 2. The van der Waals surface area contributed by atoms with Crippen LogP contribution in [0.4, 0.5) is 5.69 Å². The Morgan fingerprint density at radius 1 is 1.14 bits per heavy atom. The molecule has 0 radical (unpaired) electrons. The number of rotatable bonds is 5. The maximum absolute atomic E-state index is 12.9. The van der Waals surface area contributed by atoms with Crippen LogP contribution in [0.1, 0.15) is 18.2 Å². The second-order valence-corrected chi connectivity index (χ2v) is 7.16. The van der Waals surface area contributed by atoms with Gasteiger partial charge >= 0.3 is 0 Å². The van der Waals surface area contributed by atoms with Gasteiger partial charge in [0, 0.05) is 16.6 Å². The smallest absolute Gasteiger partial charge is 0.239 e. The van der Waals surface area contributed by atoms with Crippen LogP contribution in [0.5, 0.6) is 11.5 Å². The van der Waals surface area contributed by atoms with E-state index in [-0.39, 0.29) is 5.91 Å². The number of carbonyl (C=O) groups is 1. The van der Waals surface area contributed by atoms with Gasteiger partial charge in [0.15, 0.2) is 11.5 Å². The summed E-state index contributed by atoms with van der Waals surface area (Å²) in [5, 5.41) is 4.05. The van der Waals surface area contributed by atoms with E-state index >= 15 is 0 Å². The molecular weight excluding hydrogens is 426 g/mol. The summed E-state index contributed by atoms with van der Waals surface area (Å²) >= 11 is 3.50. The van der Waals surface area contributed by atoms with E-state index < -0.39 is 5.92 Å². The first-order chi connectivity index (χ1) is 13.6. The Hall–Kier alpha value is -2.87. The number of ether oxygens (including phenoxy) is 2. The highest BCUT2D eigenvalue weighted by Crippen LogP contribution is 2.36. The monoisotopic (exact) mass is 443 g/mol. The maximum atomic E-state index is 12.9. The first-order valence-electron chi connectivity index (χ1n) is 8.74. The fourth-order valence-corrected chi connectivity index (χ4v) is 3.79. The van der Waals surface area contributed by atoms with Gasteiger partial charge in [0.05, 0.1) is 19.9 Å². The molecule has 0 aliphatic carbocycles. The molecule has 144 valence electrons. The molecule has 0 N–H and O–H groups in total. The fourth-order valence-electron chi connectivity index (χ4n) is 3.29. The van der Waals surface area contributed by atoms with Crippen molar-refractivity contribution in [3.63, 3.8) is 0 Å². The van der Waals surface area contributed by atoms with Crippen molar-refractivity contribution in [2.75, 3.05) is 25.7 Å². The quantitative estimate of drug-likeness (QED) is 0.591. The molecule has 28 heavy (non-hydrogen) atoms. The maximum Gasteiger partial charge on any atom is 0.239 e. The van der Waals surface area contributed by atoms with Gasteiger partial charge < -0.3 is 18.9 Å². The fraction of sp³-hybridized carbons (Fsp3) is 0.250. The lowest BCUT2D eigenvalue weighted by molar-refractivity contribution is -0.118. The van der Waals surface area contributed by atoms with Crippen molar-refractivity contribution < 1.29 is 18.8 Å². The van der Waals surface area contributed by atoms with Crippen molar-refractivity contribution in [2.45, 2.75) is 12.3 Å². The summed E-state index contributed by atoms with van der Waals surface area (Å²) in [4.78, 5) is 19.1. The predicted octanol–water partition coefficient (Wildman–Crippen LogP) is 4.04. The Bertz CT molecular complexity index is 1020. The lowest BCUT2D eigenvalue weighted by Crippen LogP contribution is -2.26. The van der Waals surface area contributed by atoms with Crippen LogP contribution in [0.15, 0.2) is 51.5 Å². The molecule has 1 fully saturated rings. The molecule has 7 nitrogen and oxygen atoms in total. The number of hydrogen-bond acceptors (Lipinski definition) is 6. The van der Waals surface area contributed by atoms with Crippen LogP contribution < -0.4 is 14.4 Å². The Balaban J connectivity index is 1.58. The van der Waals surface area contributed by atoms with E-state index in [1.54, 1.807) is 31.3 Å². The minimum atomic E-state index is -0.450. The molecular formula is C20H18BrN3O4. The van der Waals surface area contributed by atoms with Crippen LogP contribution >= 0.6 is 15.9 Å². The van der Waals surface area contributed by atoms with Crippen molar-refractivity contribution in [1.29, 1.82) is 0 Å². The molecule has 1 aliphatic rings. The summed E-state index contributed by atoms with van der Waals surface area (Å²) < 4.78 is 16.9. The van der Waals surface area contributed by atoms with Gasteiger partial charge in [-0.1, -0.05) is 17.3 Å². The number of carbonyl (C=O) groups excluding carboxylic acids is 1. The van der Waals surface area contributed by atoms with Gasteiger partial charge in [-0.2, -0.15) is 4.98 Å². The lowest BCUT2D eigenvalue weighted by atomic mass is 10.1. The first-order valence-corrected chi connectivity index (χ1v) is 9.53. The van der Waals surface area contributed by atoms with Crippen molar-refractivity contribution in [3.8, 4) is 22.9 Å². The second-order valence-electron chi connectivity index (χ2n) is 6.31. The Morgan fingerprint density at radius 3 is 2.68 bits per heavy atom. The van der Waals surface area contributed by atoms with E-state index in [2.05, 4.69) is 26.1 Å². The number of halogens is 1. The van der Waals surface area contributed by atoms with E-state index in [1.807, 2.05) is 30.3 Å². The van der Waals surface area contributed by atoms with Crippen molar-refractivity contribution >= 4 is 27.5 Å². The van der Waals surface area contributed by atoms with E-state index in [4.69, 9.17) is 14.0 Å². The van der Waals surface area contributed by atoms with Crippen LogP contribution in [-0.4, -0.2) is 36.8 Å². The third kappa shape index (κ3) is 3.24. The molecule has 2 aromatic carbocycles. The van der Waals surface area contributed by atoms with Gasteiger partial charge in [-0.3, -0.25) is 4.79 Å². The van der Waals surface area contributed by atoms with Crippen molar-refractivity contribution in [3.05, 3.63) is 52.8 Å². The lowest BCUT2D eigenvalue weighted by Gasteiger charge is -2.17. The molecule has 4 rings (SSSR count). The zero-order valence-electron chi connectivity index (χ0n) is 15.4. The number of hydrogen-bond donors (Lipinski definition) is 0. The molecule has 0 unspecified atom stereocenters. The highest BCUT2D eigenvalue weighted by molar-refractivity contribution is 9.10. The Labute approximate surface area is 170 Å². The summed E-state index contributed by atoms with van der Waals surface area (Å²) in [5.41, 5.74) is 1.57. The molecule has 1 amide bonds. The number of nitrogens with zero attached hydrogens (tertiary/aromatic N) is 3. The van der Waals surface area contributed by atoms with Crippen molar-refractivity contribution in [1.82, 2.24) is 10.1 Å². The normalized spacial score (nSPS) is 16.5. The molecule has 0 saturated carbocycles. The average molecular weight is 444 g/mol. The molecule has 1 aromatic heterocycles. The van der Waals surface area contributed by atoms with Crippen LogP contribution in [-0.2, 0) is 4.79 Å². The van der Waals surface area contributed by atoms with Crippen LogP contribution in [0.3, 0.4) is 0 Å². The van der Waals surface area contributed by atoms with E-state index in [0.29, 0.717) is 36.2 Å². The summed E-state index contributed by atoms with van der Waals surface area (Å²) in [6.45, 7) is 0.597. The van der Waals surface area contributed by atoms with Crippen LogP contribution in [0, 0.1) is 0 Å². The topological polar surface area (TPSA) is 77.7 Å². The van der Waals surface area contributed by atoms with Crippen LogP contribution in [0.2, 0.25) is 0 Å². The molecule has 1 aliphatic heterocycles. The van der Waals surface area contributed by atoms with Gasteiger partial charge in [0.1, 0.15) is 5.92 Å². The summed E-state index contributed by atoms with van der Waals surface area (Å²) in [7, 11) is 3.14. The molecule has 1 saturated heterocycles. The largest absolute Gasteiger partial charge is 0.493 e. The highest BCUT2D eigenvalue weighted by Gasteiger charge is 2.38. The van der Waals surface area contributed by atoms with Crippen LogP contribution in [0.25, 0.3) is 11.4 Å². The number of para-hydroxylation sites is 1. The highest BCUT2D eigenvalue weighted by atomic mass is 79.9. The minimum Gasteiger partial charge on any atom is -0.493 e. The van der Waals surface area contributed by atoms with Crippen molar-refractivity contribution in [2.24, 2.45) is 0 Å². The van der Waals surface area contributed by atoms with Gasteiger partial charge in [-0.25, -0.2) is 0 Å².